The second-order valence-corrected chi connectivity index (χ2v) is 4.90. The van der Waals surface area contributed by atoms with E-state index in [1.165, 1.54) is 18.4 Å². The van der Waals surface area contributed by atoms with Gasteiger partial charge in [-0.2, -0.15) is 0 Å². The van der Waals surface area contributed by atoms with Crippen LogP contribution in [0.2, 0.25) is 0 Å². The molecule has 1 heterocycles. The van der Waals surface area contributed by atoms with E-state index in [2.05, 4.69) is 11.9 Å². The molecule has 1 unspecified atom stereocenters. The summed E-state index contributed by atoms with van der Waals surface area (Å²) < 4.78 is 0. The minimum atomic E-state index is -1.53. The summed E-state index contributed by atoms with van der Waals surface area (Å²) in [7, 11) is 1.51. The first-order valence-corrected chi connectivity index (χ1v) is 6.58. The van der Waals surface area contributed by atoms with E-state index in [1.807, 2.05) is 0 Å². The van der Waals surface area contributed by atoms with Gasteiger partial charge in [-0.25, -0.2) is 4.79 Å². The number of carbonyl (C=O) groups excluding carboxylic acids is 1. The number of hydrogen-bond acceptors (Lipinski definition) is 4. The van der Waals surface area contributed by atoms with Crippen molar-refractivity contribution in [1.82, 2.24) is 5.32 Å². The predicted molar refractivity (Wildman–Crippen MR) is 72.1 cm³/mol. The molecule has 5 heteroatoms. The summed E-state index contributed by atoms with van der Waals surface area (Å²) >= 11 is 1.26. The number of carboxylic acids is 1. The molecule has 1 aromatic heterocycles. The van der Waals surface area contributed by atoms with Crippen LogP contribution >= 0.6 is 11.3 Å². The van der Waals surface area contributed by atoms with Gasteiger partial charge in [-0.15, -0.1) is 17.9 Å². The lowest BCUT2D eigenvalue weighted by molar-refractivity contribution is -0.142. The number of nitrogens with one attached hydrogen (secondary N) is 1. The van der Waals surface area contributed by atoms with Gasteiger partial charge >= 0.3 is 5.97 Å². The quantitative estimate of drug-likeness (QED) is 0.328. The fraction of sp³-hybridized carbons (Fsp3) is 0.385. The molecular formula is C13H17NO3S. The normalized spacial score (nSPS) is 13.8. The number of carboxylic acid groups (broad SMARTS) is 1. The Bertz CT molecular complexity index is 427. The molecule has 0 spiro atoms. The maximum atomic E-state index is 12.3. The van der Waals surface area contributed by atoms with E-state index in [1.54, 1.807) is 23.6 Å². The van der Waals surface area contributed by atoms with Crippen molar-refractivity contribution in [3.05, 3.63) is 35.0 Å². The molecule has 0 aliphatic rings. The standard InChI is InChI=1S/C13H17NO3S/c1-3-4-5-8-13(14-2,12(16)17)11(15)10-7-6-9-18-10/h3,6-7,9,14H,1,4-5,8H2,2H3,(H,16,17). The van der Waals surface area contributed by atoms with Crippen LogP contribution in [0.4, 0.5) is 0 Å². The van der Waals surface area contributed by atoms with Gasteiger partial charge in [0.15, 0.2) is 5.54 Å². The van der Waals surface area contributed by atoms with Crippen LogP contribution in [0.25, 0.3) is 0 Å². The molecule has 98 valence electrons. The molecule has 0 radical (unpaired) electrons. The van der Waals surface area contributed by atoms with Gasteiger partial charge in [-0.05, 0) is 37.8 Å². The first-order chi connectivity index (χ1) is 8.58. The van der Waals surface area contributed by atoms with Crippen LogP contribution in [0.15, 0.2) is 30.2 Å². The molecule has 4 nitrogen and oxygen atoms in total. The molecule has 1 rings (SSSR count). The zero-order valence-electron chi connectivity index (χ0n) is 10.3. The van der Waals surface area contributed by atoms with Gasteiger partial charge in [0, 0.05) is 0 Å². The van der Waals surface area contributed by atoms with Gasteiger partial charge in [0.2, 0.25) is 5.78 Å². The number of hydrogen-bond donors (Lipinski definition) is 2. The van der Waals surface area contributed by atoms with Crippen molar-refractivity contribution in [3.63, 3.8) is 0 Å². The number of ketones is 1. The molecule has 1 atom stereocenters. The molecule has 0 aliphatic carbocycles. The first-order valence-electron chi connectivity index (χ1n) is 5.70. The maximum Gasteiger partial charge on any atom is 0.332 e. The molecule has 0 aliphatic heterocycles. The molecule has 0 amide bonds. The zero-order chi connectivity index (χ0) is 13.6. The Morgan fingerprint density at radius 2 is 2.33 bits per heavy atom. The van der Waals surface area contributed by atoms with Crippen molar-refractivity contribution in [2.24, 2.45) is 0 Å². The lowest BCUT2D eigenvalue weighted by Gasteiger charge is -2.26. The van der Waals surface area contributed by atoms with Crippen molar-refractivity contribution in [2.45, 2.75) is 24.8 Å². The summed E-state index contributed by atoms with van der Waals surface area (Å²) in [5, 5.41) is 13.8. The highest BCUT2D eigenvalue weighted by atomic mass is 32.1. The van der Waals surface area contributed by atoms with Crippen molar-refractivity contribution in [2.75, 3.05) is 7.05 Å². The number of likely N-dealkylation sites (N-methyl/N-ethyl adjacent to an activating group) is 1. The molecule has 2 N–H and O–H groups in total. The minimum Gasteiger partial charge on any atom is -0.480 e. The first kappa shape index (κ1) is 14.6. The van der Waals surface area contributed by atoms with E-state index in [-0.39, 0.29) is 12.2 Å². The van der Waals surface area contributed by atoms with E-state index >= 15 is 0 Å². The highest BCUT2D eigenvalue weighted by Gasteiger charge is 2.44. The zero-order valence-corrected chi connectivity index (χ0v) is 11.1. The average molecular weight is 267 g/mol. The largest absolute Gasteiger partial charge is 0.480 e. The van der Waals surface area contributed by atoms with E-state index in [0.717, 1.165) is 0 Å². The smallest absolute Gasteiger partial charge is 0.332 e. The summed E-state index contributed by atoms with van der Waals surface area (Å²) in [6, 6.07) is 3.39. The van der Waals surface area contributed by atoms with E-state index < -0.39 is 11.5 Å². The average Bonchev–Trinajstić information content (AvgIpc) is 2.87. The minimum absolute atomic E-state index is 0.252. The Hall–Kier alpha value is -1.46. The highest BCUT2D eigenvalue weighted by molar-refractivity contribution is 7.12. The fourth-order valence-corrected chi connectivity index (χ4v) is 2.53. The van der Waals surface area contributed by atoms with Crippen molar-refractivity contribution in [1.29, 1.82) is 0 Å². The number of allylic oxidation sites excluding steroid dienone is 1. The maximum absolute atomic E-state index is 12.3. The van der Waals surface area contributed by atoms with Crippen LogP contribution in [0.1, 0.15) is 28.9 Å². The van der Waals surface area contributed by atoms with E-state index in [0.29, 0.717) is 17.7 Å². The molecule has 0 saturated carbocycles. The highest BCUT2D eigenvalue weighted by Crippen LogP contribution is 2.23. The third-order valence-corrected chi connectivity index (χ3v) is 3.75. The van der Waals surface area contributed by atoms with Gasteiger partial charge in [-0.1, -0.05) is 12.1 Å². The van der Waals surface area contributed by atoms with Crippen LogP contribution in [0.5, 0.6) is 0 Å². The second kappa shape index (κ2) is 6.47. The monoisotopic (exact) mass is 267 g/mol. The Kier molecular flexibility index (Phi) is 5.25. The molecule has 0 aromatic carbocycles. The van der Waals surface area contributed by atoms with Crippen molar-refractivity contribution < 1.29 is 14.7 Å². The van der Waals surface area contributed by atoms with Crippen molar-refractivity contribution >= 4 is 23.1 Å². The van der Waals surface area contributed by atoms with E-state index in [4.69, 9.17) is 0 Å². The number of thiophene rings is 1. The Balaban J connectivity index is 2.99. The number of Topliss-reactive ketones (excluding diaryl/α,β-unsaturated/α-hetero) is 1. The van der Waals surface area contributed by atoms with Crippen LogP contribution in [-0.4, -0.2) is 29.4 Å². The topological polar surface area (TPSA) is 66.4 Å². The lowest BCUT2D eigenvalue weighted by Crippen LogP contribution is -2.56. The Labute approximate surface area is 110 Å². The summed E-state index contributed by atoms with van der Waals surface area (Å²) in [6.07, 6.45) is 3.27. The predicted octanol–water partition coefficient (Wildman–Crippen LogP) is 2.33. The molecular weight excluding hydrogens is 250 g/mol. The number of rotatable bonds is 8. The molecule has 0 saturated heterocycles. The molecule has 0 bridgehead atoms. The Morgan fingerprint density at radius 1 is 1.61 bits per heavy atom. The van der Waals surface area contributed by atoms with Crippen LogP contribution in [0.3, 0.4) is 0 Å². The third kappa shape index (κ3) is 2.86. The molecule has 0 fully saturated rings. The van der Waals surface area contributed by atoms with E-state index in [9.17, 15) is 14.7 Å². The SMILES string of the molecule is C=CCCCC(NC)(C(=O)O)C(=O)c1cccs1. The summed E-state index contributed by atoms with van der Waals surface area (Å²) in [4.78, 5) is 24.3. The second-order valence-electron chi connectivity index (χ2n) is 3.95. The lowest BCUT2D eigenvalue weighted by atomic mass is 9.87. The summed E-state index contributed by atoms with van der Waals surface area (Å²) in [6.45, 7) is 3.59. The number of aliphatic carboxylic acids is 1. The van der Waals surface area contributed by atoms with Crippen molar-refractivity contribution in [3.8, 4) is 0 Å². The summed E-state index contributed by atoms with van der Waals surface area (Å²) in [5.74, 6) is -1.51. The third-order valence-electron chi connectivity index (χ3n) is 2.88. The summed E-state index contributed by atoms with van der Waals surface area (Å²) in [5.41, 5.74) is -1.53. The van der Waals surface area contributed by atoms with Gasteiger partial charge in [-0.3, -0.25) is 10.1 Å². The number of carbonyl (C=O) groups is 2. The van der Waals surface area contributed by atoms with Gasteiger partial charge in [0.25, 0.3) is 0 Å². The van der Waals surface area contributed by atoms with Gasteiger partial charge in [0.1, 0.15) is 0 Å². The van der Waals surface area contributed by atoms with Gasteiger partial charge < -0.3 is 5.11 Å². The number of unbranched alkanes of at least 4 members (excludes halogenated alkanes) is 1. The fourth-order valence-electron chi connectivity index (χ4n) is 1.79. The Morgan fingerprint density at radius 3 is 2.78 bits per heavy atom. The molecule has 18 heavy (non-hydrogen) atoms. The molecule has 1 aromatic rings. The van der Waals surface area contributed by atoms with Gasteiger partial charge in [0.05, 0.1) is 4.88 Å². The van der Waals surface area contributed by atoms with Crippen LogP contribution in [0, 0.1) is 0 Å². The van der Waals surface area contributed by atoms with Crippen LogP contribution in [-0.2, 0) is 4.79 Å². The van der Waals surface area contributed by atoms with Crippen LogP contribution < -0.4 is 5.32 Å².